The largest absolute Gasteiger partial charge is 0.494 e. The number of carbonyl (C=O) groups is 1. The fourth-order valence-electron chi connectivity index (χ4n) is 4.61. The Kier molecular flexibility index (Phi) is 6.94. The number of ether oxygens (including phenoxy) is 2. The lowest BCUT2D eigenvalue weighted by molar-refractivity contribution is -0.143. The zero-order valence-corrected chi connectivity index (χ0v) is 20.1. The predicted octanol–water partition coefficient (Wildman–Crippen LogP) is 8.26. The van der Waals surface area contributed by atoms with Crippen LogP contribution in [0.15, 0.2) is 78.9 Å². The van der Waals surface area contributed by atoms with Crippen LogP contribution in [-0.4, -0.2) is 19.2 Å². The molecular formula is C32H30O3. The highest BCUT2D eigenvalue weighted by Crippen LogP contribution is 2.36. The molecule has 0 saturated carbocycles. The van der Waals surface area contributed by atoms with Crippen molar-refractivity contribution in [3.05, 3.63) is 90.0 Å². The Balaban J connectivity index is 1.23. The molecule has 0 amide bonds. The molecule has 5 aromatic rings. The van der Waals surface area contributed by atoms with Crippen molar-refractivity contribution in [3.63, 3.8) is 0 Å². The quantitative estimate of drug-likeness (QED) is 0.0907. The number of esters is 1. The van der Waals surface area contributed by atoms with E-state index in [1.807, 2.05) is 19.1 Å². The summed E-state index contributed by atoms with van der Waals surface area (Å²) in [5.41, 5.74) is 2.34. The van der Waals surface area contributed by atoms with E-state index >= 15 is 0 Å². The average molecular weight is 463 g/mol. The molecule has 0 aromatic heterocycles. The lowest BCUT2D eigenvalue weighted by atomic mass is 9.92. The number of rotatable bonds is 10. The van der Waals surface area contributed by atoms with E-state index in [4.69, 9.17) is 9.47 Å². The topological polar surface area (TPSA) is 35.5 Å². The average Bonchev–Trinajstić information content (AvgIpc) is 2.90. The van der Waals surface area contributed by atoms with E-state index in [1.54, 1.807) is 0 Å². The van der Waals surface area contributed by atoms with Crippen molar-refractivity contribution in [2.24, 2.45) is 0 Å². The maximum absolute atomic E-state index is 11.5. The second-order valence-corrected chi connectivity index (χ2v) is 8.94. The van der Waals surface area contributed by atoms with Gasteiger partial charge in [0.05, 0.1) is 13.2 Å². The summed E-state index contributed by atoms with van der Waals surface area (Å²) in [7, 11) is 0. The van der Waals surface area contributed by atoms with Gasteiger partial charge in [0.2, 0.25) is 0 Å². The van der Waals surface area contributed by atoms with Crippen molar-refractivity contribution in [1.29, 1.82) is 0 Å². The molecule has 0 spiro atoms. The van der Waals surface area contributed by atoms with E-state index in [9.17, 15) is 4.79 Å². The standard InChI is InChI=1S/C32H30O3/c1-2-21-35-30(33)8-3-4-22-34-28-18-10-23(11-19-28)9-12-24-13-14-27-16-15-25-6-5-7-26-17-20-29(24)32(27)31(25)26/h5-7,9-20H,2-4,8,21-22H2,1H3/b12-9+. The Morgan fingerprint density at radius 1 is 0.743 bits per heavy atom. The summed E-state index contributed by atoms with van der Waals surface area (Å²) in [4.78, 5) is 11.5. The van der Waals surface area contributed by atoms with E-state index in [-0.39, 0.29) is 5.97 Å². The van der Waals surface area contributed by atoms with Gasteiger partial charge in [-0.1, -0.05) is 85.8 Å². The maximum atomic E-state index is 11.5. The van der Waals surface area contributed by atoms with Crippen molar-refractivity contribution in [2.45, 2.75) is 32.6 Å². The fourth-order valence-corrected chi connectivity index (χ4v) is 4.61. The van der Waals surface area contributed by atoms with E-state index in [2.05, 4.69) is 78.9 Å². The van der Waals surface area contributed by atoms with Crippen LogP contribution in [0.2, 0.25) is 0 Å². The summed E-state index contributed by atoms with van der Waals surface area (Å²) >= 11 is 0. The van der Waals surface area contributed by atoms with Gasteiger partial charge in [-0.2, -0.15) is 0 Å². The molecule has 0 saturated heterocycles. The third-order valence-electron chi connectivity index (χ3n) is 6.41. The van der Waals surface area contributed by atoms with Crippen LogP contribution in [-0.2, 0) is 9.53 Å². The fraction of sp³-hybridized carbons (Fsp3) is 0.219. The van der Waals surface area contributed by atoms with Gasteiger partial charge in [-0.25, -0.2) is 0 Å². The van der Waals surface area contributed by atoms with Crippen LogP contribution < -0.4 is 4.74 Å². The first-order valence-electron chi connectivity index (χ1n) is 12.5. The molecule has 3 nitrogen and oxygen atoms in total. The van der Waals surface area contributed by atoms with Gasteiger partial charge in [0.1, 0.15) is 5.75 Å². The third kappa shape index (κ3) is 5.14. The highest BCUT2D eigenvalue weighted by atomic mass is 16.5. The SMILES string of the molecule is CCCOC(=O)CCCCOc1ccc(/C=C/c2ccc3ccc4cccc5ccc2c3c45)cc1. The molecule has 0 atom stereocenters. The van der Waals surface area contributed by atoms with Crippen LogP contribution in [0.3, 0.4) is 0 Å². The molecule has 0 aliphatic heterocycles. The van der Waals surface area contributed by atoms with Gasteiger partial charge >= 0.3 is 5.97 Å². The summed E-state index contributed by atoms with van der Waals surface area (Å²) in [6.45, 7) is 3.10. The zero-order valence-electron chi connectivity index (χ0n) is 20.1. The van der Waals surface area contributed by atoms with Crippen molar-refractivity contribution >= 4 is 50.4 Å². The van der Waals surface area contributed by atoms with Gasteiger partial charge in [0.15, 0.2) is 0 Å². The maximum Gasteiger partial charge on any atom is 0.305 e. The van der Waals surface area contributed by atoms with Crippen LogP contribution in [0, 0.1) is 0 Å². The minimum absolute atomic E-state index is 0.118. The molecular weight excluding hydrogens is 432 g/mol. The number of hydrogen-bond acceptors (Lipinski definition) is 3. The Bertz CT molecular complexity index is 1450. The van der Waals surface area contributed by atoms with Crippen LogP contribution >= 0.6 is 0 Å². The first-order valence-corrected chi connectivity index (χ1v) is 12.5. The molecule has 0 N–H and O–H groups in total. The van der Waals surface area contributed by atoms with Crippen molar-refractivity contribution in [1.82, 2.24) is 0 Å². The monoisotopic (exact) mass is 462 g/mol. The van der Waals surface area contributed by atoms with Crippen molar-refractivity contribution in [3.8, 4) is 5.75 Å². The first-order chi connectivity index (χ1) is 17.2. The molecule has 0 unspecified atom stereocenters. The summed E-state index contributed by atoms with van der Waals surface area (Å²) in [6.07, 6.45) is 7.27. The zero-order chi connectivity index (χ0) is 24.0. The van der Waals surface area contributed by atoms with Crippen LogP contribution in [0.4, 0.5) is 0 Å². The first kappa shape index (κ1) is 22.9. The molecule has 0 fully saturated rings. The van der Waals surface area contributed by atoms with E-state index < -0.39 is 0 Å². The van der Waals surface area contributed by atoms with Gasteiger partial charge in [-0.15, -0.1) is 0 Å². The van der Waals surface area contributed by atoms with E-state index in [0.717, 1.165) is 30.6 Å². The molecule has 5 rings (SSSR count). The van der Waals surface area contributed by atoms with E-state index in [1.165, 1.54) is 37.9 Å². The minimum Gasteiger partial charge on any atom is -0.494 e. The summed E-state index contributed by atoms with van der Waals surface area (Å²) in [5, 5.41) is 7.81. The molecule has 0 bridgehead atoms. The van der Waals surface area contributed by atoms with E-state index in [0.29, 0.717) is 19.6 Å². The predicted molar refractivity (Wildman–Crippen MR) is 146 cm³/mol. The van der Waals surface area contributed by atoms with Crippen LogP contribution in [0.1, 0.15) is 43.7 Å². The molecule has 35 heavy (non-hydrogen) atoms. The Morgan fingerprint density at radius 2 is 1.46 bits per heavy atom. The number of benzene rings is 5. The van der Waals surface area contributed by atoms with Crippen LogP contribution in [0.25, 0.3) is 44.5 Å². The highest BCUT2D eigenvalue weighted by molar-refractivity contribution is 6.24. The Labute approximate surface area is 206 Å². The second-order valence-electron chi connectivity index (χ2n) is 8.94. The smallest absolute Gasteiger partial charge is 0.305 e. The molecule has 0 aliphatic rings. The molecule has 0 radical (unpaired) electrons. The molecule has 3 heteroatoms. The lowest BCUT2D eigenvalue weighted by Crippen LogP contribution is -2.06. The molecule has 5 aromatic carbocycles. The van der Waals surface area contributed by atoms with Gasteiger partial charge in [0.25, 0.3) is 0 Å². The lowest BCUT2D eigenvalue weighted by Gasteiger charge is -2.12. The van der Waals surface area contributed by atoms with Gasteiger partial charge in [-0.05, 0) is 74.8 Å². The Hall–Kier alpha value is -3.85. The van der Waals surface area contributed by atoms with Gasteiger partial charge < -0.3 is 9.47 Å². The van der Waals surface area contributed by atoms with Gasteiger partial charge in [-0.3, -0.25) is 4.79 Å². The molecule has 176 valence electrons. The second kappa shape index (κ2) is 10.6. The number of hydrogen-bond donors (Lipinski definition) is 0. The number of carbonyl (C=O) groups excluding carboxylic acids is 1. The summed E-state index contributed by atoms with van der Waals surface area (Å²) in [6, 6.07) is 28.0. The van der Waals surface area contributed by atoms with Crippen molar-refractivity contribution < 1.29 is 14.3 Å². The normalized spacial score (nSPS) is 11.7. The minimum atomic E-state index is -0.118. The molecule has 0 heterocycles. The number of unbranched alkanes of at least 4 members (excludes halogenated alkanes) is 1. The van der Waals surface area contributed by atoms with Crippen molar-refractivity contribution in [2.75, 3.05) is 13.2 Å². The third-order valence-corrected chi connectivity index (χ3v) is 6.41. The van der Waals surface area contributed by atoms with Gasteiger partial charge in [0, 0.05) is 6.42 Å². The summed E-state index contributed by atoms with van der Waals surface area (Å²) < 4.78 is 10.9. The molecule has 0 aliphatic carbocycles. The van der Waals surface area contributed by atoms with Crippen LogP contribution in [0.5, 0.6) is 5.75 Å². The Morgan fingerprint density at radius 3 is 2.23 bits per heavy atom. The highest BCUT2D eigenvalue weighted by Gasteiger charge is 2.09. The summed E-state index contributed by atoms with van der Waals surface area (Å²) in [5.74, 6) is 0.728.